The topological polar surface area (TPSA) is 35.4 Å². The van der Waals surface area contributed by atoms with Crippen molar-refractivity contribution in [3.63, 3.8) is 0 Å². The molecule has 3 nitrogen and oxygen atoms in total. The highest BCUT2D eigenvalue weighted by Crippen LogP contribution is 2.08. The van der Waals surface area contributed by atoms with Crippen LogP contribution in [0.1, 0.15) is 25.7 Å². The van der Waals surface area contributed by atoms with Crippen LogP contribution >= 0.6 is 0 Å². The molecular formula is C10H21N2O. The predicted molar refractivity (Wildman–Crippen MR) is 54.0 cm³/mol. The van der Waals surface area contributed by atoms with E-state index in [1.807, 2.05) is 7.05 Å². The second-order valence-corrected chi connectivity index (χ2v) is 3.58. The first-order valence-corrected chi connectivity index (χ1v) is 5.33. The van der Waals surface area contributed by atoms with Crippen LogP contribution < -0.4 is 10.6 Å². The van der Waals surface area contributed by atoms with Gasteiger partial charge in [-0.3, -0.25) is 0 Å². The van der Waals surface area contributed by atoms with Gasteiger partial charge in [0, 0.05) is 13.1 Å². The van der Waals surface area contributed by atoms with Gasteiger partial charge in [-0.15, -0.1) is 0 Å². The van der Waals surface area contributed by atoms with E-state index in [0.717, 1.165) is 26.2 Å². The van der Waals surface area contributed by atoms with Gasteiger partial charge < -0.3 is 10.1 Å². The van der Waals surface area contributed by atoms with E-state index in [1.54, 1.807) is 0 Å². The van der Waals surface area contributed by atoms with Crippen LogP contribution in [0.25, 0.3) is 0 Å². The van der Waals surface area contributed by atoms with Crippen molar-refractivity contribution in [1.82, 2.24) is 10.6 Å². The highest BCUT2D eigenvalue weighted by Gasteiger charge is 2.12. The minimum atomic E-state index is 0.420. The number of nitrogens with one attached hydrogen (secondary N) is 1. The first kappa shape index (κ1) is 11.0. The van der Waals surface area contributed by atoms with E-state index in [4.69, 9.17) is 4.74 Å². The Labute approximate surface area is 81.2 Å². The molecule has 1 heterocycles. The van der Waals surface area contributed by atoms with Gasteiger partial charge in [0.2, 0.25) is 0 Å². The van der Waals surface area contributed by atoms with E-state index in [1.165, 1.54) is 25.7 Å². The summed E-state index contributed by atoms with van der Waals surface area (Å²) >= 11 is 0. The van der Waals surface area contributed by atoms with Crippen molar-refractivity contribution in [2.75, 3.05) is 33.3 Å². The molecule has 0 saturated carbocycles. The Balaban J connectivity index is 1.86. The molecule has 1 saturated heterocycles. The van der Waals surface area contributed by atoms with Crippen molar-refractivity contribution in [2.45, 2.75) is 31.8 Å². The fraction of sp³-hybridized carbons (Fsp3) is 1.00. The Hall–Kier alpha value is -0.120. The molecule has 0 aromatic heterocycles. The van der Waals surface area contributed by atoms with E-state index in [2.05, 4.69) is 10.6 Å². The number of hydrogen-bond donors (Lipinski definition) is 1. The van der Waals surface area contributed by atoms with Gasteiger partial charge in [-0.25, -0.2) is 5.32 Å². The molecule has 0 aromatic rings. The van der Waals surface area contributed by atoms with E-state index in [9.17, 15) is 0 Å². The maximum atomic E-state index is 5.58. The van der Waals surface area contributed by atoms with Crippen molar-refractivity contribution in [1.29, 1.82) is 0 Å². The molecule has 1 N–H and O–H groups in total. The summed E-state index contributed by atoms with van der Waals surface area (Å²) in [5.41, 5.74) is 0. The molecule has 1 fully saturated rings. The van der Waals surface area contributed by atoms with Crippen LogP contribution in [0, 0.1) is 0 Å². The lowest BCUT2D eigenvalue weighted by Crippen LogP contribution is -2.33. The molecule has 0 spiro atoms. The van der Waals surface area contributed by atoms with Gasteiger partial charge >= 0.3 is 0 Å². The third-order valence-electron chi connectivity index (χ3n) is 2.39. The van der Waals surface area contributed by atoms with Crippen LogP contribution in [0.3, 0.4) is 0 Å². The van der Waals surface area contributed by atoms with E-state index in [-0.39, 0.29) is 0 Å². The number of nitrogens with zero attached hydrogens (tertiary/aromatic N) is 1. The highest BCUT2D eigenvalue weighted by atomic mass is 16.5. The van der Waals surface area contributed by atoms with Crippen LogP contribution in [0.5, 0.6) is 0 Å². The number of ether oxygens (including phenoxy) is 1. The first-order valence-electron chi connectivity index (χ1n) is 5.33. The van der Waals surface area contributed by atoms with Crippen LogP contribution in [0.15, 0.2) is 0 Å². The summed E-state index contributed by atoms with van der Waals surface area (Å²) in [6.45, 7) is 3.79. The van der Waals surface area contributed by atoms with Crippen molar-refractivity contribution in [2.24, 2.45) is 0 Å². The van der Waals surface area contributed by atoms with Crippen LogP contribution in [0.4, 0.5) is 0 Å². The molecule has 1 aliphatic rings. The molecule has 1 atom stereocenters. The van der Waals surface area contributed by atoms with Gasteiger partial charge in [-0.2, -0.15) is 0 Å². The minimum Gasteiger partial charge on any atom is -0.375 e. The Morgan fingerprint density at radius 1 is 1.38 bits per heavy atom. The standard InChI is InChI=1S/C10H21N2O/c1-11-6-4-2-3-5-10-9-12-7-8-13-10/h10-11H,2-9H2,1H3. The Kier molecular flexibility index (Phi) is 6.15. The molecule has 13 heavy (non-hydrogen) atoms. The van der Waals surface area contributed by atoms with Crippen molar-refractivity contribution < 1.29 is 4.74 Å². The summed E-state index contributed by atoms with van der Waals surface area (Å²) in [7, 11) is 2.00. The summed E-state index contributed by atoms with van der Waals surface area (Å²) in [6, 6.07) is 0. The molecular weight excluding hydrogens is 164 g/mol. The van der Waals surface area contributed by atoms with E-state index >= 15 is 0 Å². The lowest BCUT2D eigenvalue weighted by Gasteiger charge is -2.22. The van der Waals surface area contributed by atoms with Crippen molar-refractivity contribution in [3.8, 4) is 0 Å². The largest absolute Gasteiger partial charge is 0.375 e. The smallest absolute Gasteiger partial charge is 0.0716 e. The van der Waals surface area contributed by atoms with Gasteiger partial charge in [-0.1, -0.05) is 12.8 Å². The maximum Gasteiger partial charge on any atom is 0.0716 e. The number of morpholine rings is 1. The normalized spacial score (nSPS) is 23.3. The molecule has 1 unspecified atom stereocenters. The van der Waals surface area contributed by atoms with Gasteiger partial charge in [0.15, 0.2) is 0 Å². The zero-order valence-corrected chi connectivity index (χ0v) is 8.59. The third-order valence-corrected chi connectivity index (χ3v) is 2.39. The second-order valence-electron chi connectivity index (χ2n) is 3.58. The quantitative estimate of drug-likeness (QED) is 0.620. The maximum absolute atomic E-state index is 5.58. The first-order chi connectivity index (χ1) is 6.43. The Bertz CT molecular complexity index is 113. The number of rotatable bonds is 6. The molecule has 1 aliphatic heterocycles. The average molecular weight is 185 g/mol. The average Bonchev–Trinajstić information content (AvgIpc) is 2.19. The lowest BCUT2D eigenvalue weighted by atomic mass is 10.1. The van der Waals surface area contributed by atoms with E-state index in [0.29, 0.717) is 6.10 Å². The molecule has 1 radical (unpaired) electrons. The molecule has 0 amide bonds. The van der Waals surface area contributed by atoms with Crippen LogP contribution in [-0.2, 0) is 4.74 Å². The molecule has 0 bridgehead atoms. The molecule has 0 aliphatic carbocycles. The Morgan fingerprint density at radius 3 is 3.00 bits per heavy atom. The summed E-state index contributed by atoms with van der Waals surface area (Å²) in [5.74, 6) is 0. The minimum absolute atomic E-state index is 0.420. The SMILES string of the molecule is CNCCCCCC1C[N]CCO1. The fourth-order valence-electron chi connectivity index (χ4n) is 1.60. The van der Waals surface area contributed by atoms with Gasteiger partial charge in [0.1, 0.15) is 0 Å². The van der Waals surface area contributed by atoms with Gasteiger partial charge in [0.25, 0.3) is 0 Å². The van der Waals surface area contributed by atoms with Gasteiger partial charge in [-0.05, 0) is 26.4 Å². The van der Waals surface area contributed by atoms with Gasteiger partial charge in [0.05, 0.1) is 12.7 Å². The zero-order chi connectivity index (χ0) is 9.36. The summed E-state index contributed by atoms with van der Waals surface area (Å²) in [4.78, 5) is 0. The third kappa shape index (κ3) is 5.24. The van der Waals surface area contributed by atoms with Crippen LogP contribution in [-0.4, -0.2) is 39.4 Å². The Morgan fingerprint density at radius 2 is 2.31 bits per heavy atom. The second kappa shape index (κ2) is 7.30. The monoisotopic (exact) mass is 185 g/mol. The summed E-state index contributed by atoms with van der Waals surface area (Å²) in [6.07, 6.45) is 5.47. The molecule has 3 heteroatoms. The van der Waals surface area contributed by atoms with Crippen molar-refractivity contribution in [3.05, 3.63) is 0 Å². The number of unbranched alkanes of at least 4 members (excludes halogenated alkanes) is 2. The van der Waals surface area contributed by atoms with E-state index < -0.39 is 0 Å². The molecule has 1 rings (SSSR count). The summed E-state index contributed by atoms with van der Waals surface area (Å²) < 4.78 is 5.58. The van der Waals surface area contributed by atoms with Crippen LogP contribution in [0.2, 0.25) is 0 Å². The fourth-order valence-corrected chi connectivity index (χ4v) is 1.60. The zero-order valence-electron chi connectivity index (χ0n) is 8.59. The lowest BCUT2D eigenvalue weighted by molar-refractivity contribution is 0.0205. The highest BCUT2D eigenvalue weighted by molar-refractivity contribution is 4.66. The predicted octanol–water partition coefficient (Wildman–Crippen LogP) is 0.769. The molecule has 77 valence electrons. The number of hydrogen-bond acceptors (Lipinski definition) is 2. The van der Waals surface area contributed by atoms with Crippen molar-refractivity contribution >= 4 is 0 Å². The molecule has 0 aromatic carbocycles. The summed E-state index contributed by atoms with van der Waals surface area (Å²) in [5, 5.41) is 7.49.